The quantitative estimate of drug-likeness (QED) is 0.610. The molecule has 0 heterocycles. The Balaban J connectivity index is 2.24. The van der Waals surface area contributed by atoms with Crippen molar-refractivity contribution in [2.45, 2.75) is 64.4 Å². The first-order valence-corrected chi connectivity index (χ1v) is 6.32. The molecule has 2 N–H and O–H groups in total. The van der Waals surface area contributed by atoms with Crippen molar-refractivity contribution in [1.82, 2.24) is 0 Å². The number of ether oxygens (including phenoxy) is 3. The molecule has 18 heavy (non-hydrogen) atoms. The minimum absolute atomic E-state index is 0.0809. The van der Waals surface area contributed by atoms with Gasteiger partial charge < -0.3 is 19.9 Å². The van der Waals surface area contributed by atoms with E-state index in [1.807, 2.05) is 0 Å². The van der Waals surface area contributed by atoms with Crippen LogP contribution in [0, 0.1) is 0 Å². The maximum Gasteiger partial charge on any atom is 0.511 e. The summed E-state index contributed by atoms with van der Waals surface area (Å²) in [6.07, 6.45) is 3.16. The van der Waals surface area contributed by atoms with Crippen LogP contribution in [0.1, 0.15) is 46.0 Å². The highest BCUT2D eigenvalue weighted by molar-refractivity contribution is 5.75. The second-order valence-corrected chi connectivity index (χ2v) is 4.54. The van der Waals surface area contributed by atoms with Gasteiger partial charge in [0.2, 0.25) is 6.29 Å². The van der Waals surface area contributed by atoms with E-state index in [1.54, 1.807) is 0 Å². The van der Waals surface area contributed by atoms with Crippen LogP contribution in [-0.4, -0.2) is 30.6 Å². The zero-order valence-electron chi connectivity index (χ0n) is 10.9. The molecule has 0 spiro atoms. The van der Waals surface area contributed by atoms with E-state index < -0.39 is 24.5 Å². The van der Waals surface area contributed by atoms with Crippen LogP contribution < -0.4 is 5.73 Å². The predicted octanol–water partition coefficient (Wildman–Crippen LogP) is 1.71. The van der Waals surface area contributed by atoms with Crippen LogP contribution >= 0.6 is 0 Å². The van der Waals surface area contributed by atoms with Gasteiger partial charge in [0, 0.05) is 6.92 Å². The first-order chi connectivity index (χ1) is 8.49. The zero-order valence-corrected chi connectivity index (χ0v) is 10.9. The Morgan fingerprint density at radius 3 is 2.28 bits per heavy atom. The molecular formula is C12H21NO5. The fourth-order valence-corrected chi connectivity index (χ4v) is 1.78. The van der Waals surface area contributed by atoms with E-state index in [0.717, 1.165) is 25.7 Å². The average Bonchev–Trinajstić information content (AvgIpc) is 2.29. The van der Waals surface area contributed by atoms with Gasteiger partial charge in [0.25, 0.3) is 0 Å². The van der Waals surface area contributed by atoms with E-state index in [4.69, 9.17) is 19.9 Å². The largest absolute Gasteiger partial charge is 0.511 e. The summed E-state index contributed by atoms with van der Waals surface area (Å²) < 4.78 is 14.7. The maximum atomic E-state index is 11.4. The van der Waals surface area contributed by atoms with Crippen molar-refractivity contribution < 1.29 is 23.8 Å². The first kappa shape index (κ1) is 14.8. The Kier molecular flexibility index (Phi) is 5.91. The molecular weight excluding hydrogens is 238 g/mol. The number of carbonyl (C=O) groups is 2. The van der Waals surface area contributed by atoms with Crippen LogP contribution in [0.25, 0.3) is 0 Å². The van der Waals surface area contributed by atoms with Gasteiger partial charge in [0.15, 0.2) is 0 Å². The lowest BCUT2D eigenvalue weighted by Crippen LogP contribution is -2.33. The van der Waals surface area contributed by atoms with Crippen molar-refractivity contribution in [2.75, 3.05) is 0 Å². The van der Waals surface area contributed by atoms with E-state index in [9.17, 15) is 9.59 Å². The molecule has 0 aromatic carbocycles. The topological polar surface area (TPSA) is 87.9 Å². The number of rotatable bonds is 4. The minimum atomic E-state index is -0.986. The lowest BCUT2D eigenvalue weighted by atomic mass is 9.98. The SMILES string of the molecule is CC(OC(=O)OC1CCCCC1)OC(=O)C(C)N. The molecule has 1 aliphatic carbocycles. The standard InChI is InChI=1S/C12H21NO5/c1-8(13)11(14)16-9(2)17-12(15)18-10-6-4-3-5-7-10/h8-10H,3-7,13H2,1-2H3. The van der Waals surface area contributed by atoms with E-state index in [1.165, 1.54) is 20.3 Å². The molecule has 0 radical (unpaired) electrons. The second kappa shape index (κ2) is 7.20. The maximum absolute atomic E-state index is 11.4. The highest BCUT2D eigenvalue weighted by Gasteiger charge is 2.22. The molecule has 104 valence electrons. The first-order valence-electron chi connectivity index (χ1n) is 6.32. The lowest BCUT2D eigenvalue weighted by Gasteiger charge is -2.22. The van der Waals surface area contributed by atoms with Gasteiger partial charge in [-0.25, -0.2) is 4.79 Å². The van der Waals surface area contributed by atoms with Gasteiger partial charge in [-0.15, -0.1) is 0 Å². The van der Waals surface area contributed by atoms with Crippen LogP contribution in [0.15, 0.2) is 0 Å². The van der Waals surface area contributed by atoms with Gasteiger partial charge in [-0.2, -0.15) is 0 Å². The van der Waals surface area contributed by atoms with Gasteiger partial charge >= 0.3 is 12.1 Å². The van der Waals surface area contributed by atoms with Gasteiger partial charge in [0.1, 0.15) is 12.1 Å². The normalized spacial score (nSPS) is 19.7. The molecule has 6 nitrogen and oxygen atoms in total. The average molecular weight is 259 g/mol. The van der Waals surface area contributed by atoms with E-state index in [-0.39, 0.29) is 6.10 Å². The molecule has 1 saturated carbocycles. The van der Waals surface area contributed by atoms with Crippen LogP contribution in [0.5, 0.6) is 0 Å². The fourth-order valence-electron chi connectivity index (χ4n) is 1.78. The summed E-state index contributed by atoms with van der Waals surface area (Å²) in [5.74, 6) is -0.618. The summed E-state index contributed by atoms with van der Waals surface area (Å²) in [5, 5.41) is 0. The molecule has 2 unspecified atom stereocenters. The summed E-state index contributed by atoms with van der Waals surface area (Å²) in [4.78, 5) is 22.6. The molecule has 1 fully saturated rings. The highest BCUT2D eigenvalue weighted by Crippen LogP contribution is 2.20. The van der Waals surface area contributed by atoms with E-state index in [2.05, 4.69) is 0 Å². The van der Waals surface area contributed by atoms with Gasteiger partial charge in [-0.1, -0.05) is 6.42 Å². The van der Waals surface area contributed by atoms with E-state index in [0.29, 0.717) is 0 Å². The van der Waals surface area contributed by atoms with Crippen molar-refractivity contribution in [3.63, 3.8) is 0 Å². The van der Waals surface area contributed by atoms with Gasteiger partial charge in [-0.3, -0.25) is 4.79 Å². The lowest BCUT2D eigenvalue weighted by molar-refractivity contribution is -0.170. The molecule has 1 aliphatic rings. The highest BCUT2D eigenvalue weighted by atomic mass is 16.8. The summed E-state index contributed by atoms with van der Waals surface area (Å²) >= 11 is 0. The molecule has 1 rings (SSSR count). The Morgan fingerprint density at radius 1 is 1.11 bits per heavy atom. The van der Waals surface area contributed by atoms with Gasteiger partial charge in [0.05, 0.1) is 0 Å². The molecule has 2 atom stereocenters. The molecule has 0 saturated heterocycles. The molecule has 0 aliphatic heterocycles. The number of carbonyl (C=O) groups excluding carboxylic acids is 2. The Morgan fingerprint density at radius 2 is 1.72 bits per heavy atom. The van der Waals surface area contributed by atoms with Crippen molar-refractivity contribution in [3.8, 4) is 0 Å². The summed E-state index contributed by atoms with van der Waals surface area (Å²) in [6.45, 7) is 2.94. The Bertz CT molecular complexity index is 286. The van der Waals surface area contributed by atoms with Gasteiger partial charge in [-0.05, 0) is 32.6 Å². The number of hydrogen-bond acceptors (Lipinski definition) is 6. The fraction of sp³-hybridized carbons (Fsp3) is 0.833. The van der Waals surface area contributed by atoms with E-state index >= 15 is 0 Å². The Labute approximate surface area is 107 Å². The van der Waals surface area contributed by atoms with Crippen molar-refractivity contribution in [3.05, 3.63) is 0 Å². The Hall–Kier alpha value is -1.30. The third-order valence-electron chi connectivity index (χ3n) is 2.73. The summed E-state index contributed by atoms with van der Waals surface area (Å²) in [5.41, 5.74) is 5.32. The molecule has 0 amide bonds. The number of nitrogens with two attached hydrogens (primary N) is 1. The number of esters is 1. The third-order valence-corrected chi connectivity index (χ3v) is 2.73. The van der Waals surface area contributed by atoms with Crippen molar-refractivity contribution in [2.24, 2.45) is 5.73 Å². The van der Waals surface area contributed by atoms with Crippen LogP contribution in [0.4, 0.5) is 4.79 Å². The van der Waals surface area contributed by atoms with Crippen LogP contribution in [0.3, 0.4) is 0 Å². The second-order valence-electron chi connectivity index (χ2n) is 4.54. The predicted molar refractivity (Wildman–Crippen MR) is 63.6 cm³/mol. The van der Waals surface area contributed by atoms with Crippen LogP contribution in [0.2, 0.25) is 0 Å². The molecule has 0 aromatic rings. The van der Waals surface area contributed by atoms with Crippen molar-refractivity contribution >= 4 is 12.1 Å². The monoisotopic (exact) mass is 259 g/mol. The number of hydrogen-bond donors (Lipinski definition) is 1. The van der Waals surface area contributed by atoms with Crippen LogP contribution in [-0.2, 0) is 19.0 Å². The molecule has 0 aromatic heterocycles. The summed E-state index contributed by atoms with van der Waals surface area (Å²) in [6, 6.07) is -0.745. The summed E-state index contributed by atoms with van der Waals surface area (Å²) in [7, 11) is 0. The molecule has 6 heteroatoms. The third kappa shape index (κ3) is 5.35. The smallest absolute Gasteiger partial charge is 0.431 e. The van der Waals surface area contributed by atoms with Crippen molar-refractivity contribution in [1.29, 1.82) is 0 Å². The zero-order chi connectivity index (χ0) is 13.5. The minimum Gasteiger partial charge on any atom is -0.431 e. The molecule has 0 bridgehead atoms.